The van der Waals surface area contributed by atoms with Gasteiger partial charge in [0.05, 0.1) is 5.54 Å². The molecule has 2 atom stereocenters. The topological polar surface area (TPSA) is 58.2 Å². The van der Waals surface area contributed by atoms with E-state index in [0.29, 0.717) is 12.3 Å². The molecular weight excluding hydrogens is 236 g/mol. The molecule has 1 amide bonds. The van der Waals surface area contributed by atoms with E-state index >= 15 is 0 Å². The maximum Gasteiger partial charge on any atom is 0.240 e. The SMILES string of the molecule is CCCC1(C(=O)NCCCS(C)=O)CCCN1. The van der Waals surface area contributed by atoms with Crippen LogP contribution >= 0.6 is 0 Å². The Labute approximate surface area is 106 Å². The fourth-order valence-electron chi connectivity index (χ4n) is 2.40. The number of amides is 1. The summed E-state index contributed by atoms with van der Waals surface area (Å²) < 4.78 is 10.9. The van der Waals surface area contributed by atoms with Gasteiger partial charge in [-0.15, -0.1) is 0 Å². The Kier molecular flexibility index (Phi) is 6.12. The molecule has 0 aromatic rings. The van der Waals surface area contributed by atoms with Crippen molar-refractivity contribution in [2.75, 3.05) is 25.1 Å². The van der Waals surface area contributed by atoms with Crippen LogP contribution in [0.15, 0.2) is 0 Å². The summed E-state index contributed by atoms with van der Waals surface area (Å²) in [6.45, 7) is 3.67. The summed E-state index contributed by atoms with van der Waals surface area (Å²) in [4.78, 5) is 12.2. The van der Waals surface area contributed by atoms with Crippen molar-refractivity contribution in [3.05, 3.63) is 0 Å². The fraction of sp³-hybridized carbons (Fsp3) is 0.917. The standard InChI is InChI=1S/C12H24N2O2S/c1-3-6-12(7-4-9-14-12)11(15)13-8-5-10-17(2)16/h14H,3-10H2,1-2H3,(H,13,15). The van der Waals surface area contributed by atoms with Crippen LogP contribution in [-0.4, -0.2) is 40.8 Å². The number of hydrogen-bond donors (Lipinski definition) is 2. The Hall–Kier alpha value is -0.420. The molecule has 1 rings (SSSR count). The van der Waals surface area contributed by atoms with E-state index in [1.165, 1.54) is 0 Å². The zero-order chi connectivity index (χ0) is 12.7. The van der Waals surface area contributed by atoms with Crippen LogP contribution in [0.4, 0.5) is 0 Å². The van der Waals surface area contributed by atoms with E-state index < -0.39 is 10.8 Å². The van der Waals surface area contributed by atoms with Crippen molar-refractivity contribution in [1.82, 2.24) is 10.6 Å². The summed E-state index contributed by atoms with van der Waals surface area (Å²) in [5.41, 5.74) is -0.333. The van der Waals surface area contributed by atoms with E-state index in [0.717, 1.165) is 38.6 Å². The molecule has 0 spiro atoms. The van der Waals surface area contributed by atoms with Crippen molar-refractivity contribution < 1.29 is 9.00 Å². The van der Waals surface area contributed by atoms with Gasteiger partial charge < -0.3 is 10.6 Å². The van der Waals surface area contributed by atoms with Crippen molar-refractivity contribution >= 4 is 16.7 Å². The Bertz CT molecular complexity index is 276. The van der Waals surface area contributed by atoms with Crippen molar-refractivity contribution in [3.8, 4) is 0 Å². The average Bonchev–Trinajstić information content (AvgIpc) is 2.74. The van der Waals surface area contributed by atoms with Gasteiger partial charge in [-0.2, -0.15) is 0 Å². The van der Waals surface area contributed by atoms with Gasteiger partial charge in [0.15, 0.2) is 0 Å². The monoisotopic (exact) mass is 260 g/mol. The predicted octanol–water partition coefficient (Wildman–Crippen LogP) is 0.793. The normalized spacial score (nSPS) is 25.8. The maximum atomic E-state index is 12.2. The molecule has 4 nitrogen and oxygen atoms in total. The highest BCUT2D eigenvalue weighted by Crippen LogP contribution is 2.24. The quantitative estimate of drug-likeness (QED) is 0.666. The molecule has 2 N–H and O–H groups in total. The first-order chi connectivity index (χ1) is 8.10. The maximum absolute atomic E-state index is 12.2. The average molecular weight is 260 g/mol. The highest BCUT2D eigenvalue weighted by Gasteiger charge is 2.39. The van der Waals surface area contributed by atoms with Gasteiger partial charge in [-0.3, -0.25) is 9.00 Å². The van der Waals surface area contributed by atoms with Crippen LogP contribution in [0.5, 0.6) is 0 Å². The molecule has 1 fully saturated rings. The molecule has 0 aliphatic carbocycles. The summed E-state index contributed by atoms with van der Waals surface area (Å²) in [5, 5.41) is 6.32. The summed E-state index contributed by atoms with van der Waals surface area (Å²) in [6.07, 6.45) is 6.41. The molecule has 0 radical (unpaired) electrons. The van der Waals surface area contributed by atoms with Gasteiger partial charge in [0.25, 0.3) is 0 Å². The van der Waals surface area contributed by atoms with Gasteiger partial charge in [0.2, 0.25) is 5.91 Å². The molecule has 1 heterocycles. The third-order valence-electron chi connectivity index (χ3n) is 3.25. The number of nitrogens with one attached hydrogen (secondary N) is 2. The third kappa shape index (κ3) is 4.39. The first-order valence-corrected chi connectivity index (χ1v) is 8.17. The highest BCUT2D eigenvalue weighted by atomic mass is 32.2. The lowest BCUT2D eigenvalue weighted by Crippen LogP contribution is -2.53. The molecule has 1 aliphatic rings. The lowest BCUT2D eigenvalue weighted by Gasteiger charge is -2.27. The number of carbonyl (C=O) groups is 1. The highest BCUT2D eigenvalue weighted by molar-refractivity contribution is 7.84. The predicted molar refractivity (Wildman–Crippen MR) is 71.4 cm³/mol. The van der Waals surface area contributed by atoms with Crippen LogP contribution in [0, 0.1) is 0 Å². The van der Waals surface area contributed by atoms with E-state index in [4.69, 9.17) is 0 Å². The lowest BCUT2D eigenvalue weighted by molar-refractivity contribution is -0.127. The Morgan fingerprint density at radius 2 is 2.29 bits per heavy atom. The molecule has 0 aromatic heterocycles. The first kappa shape index (κ1) is 14.6. The third-order valence-corrected chi connectivity index (χ3v) is 4.11. The van der Waals surface area contributed by atoms with Crippen LogP contribution in [0.25, 0.3) is 0 Å². The van der Waals surface area contributed by atoms with Crippen molar-refractivity contribution in [1.29, 1.82) is 0 Å². The summed E-state index contributed by atoms with van der Waals surface area (Å²) in [5.74, 6) is 0.785. The Morgan fingerprint density at radius 3 is 2.82 bits per heavy atom. The minimum atomic E-state index is -0.763. The molecule has 2 unspecified atom stereocenters. The molecule has 0 aromatic carbocycles. The lowest BCUT2D eigenvalue weighted by atomic mass is 9.91. The van der Waals surface area contributed by atoms with Gasteiger partial charge in [-0.05, 0) is 32.2 Å². The van der Waals surface area contributed by atoms with Crippen LogP contribution < -0.4 is 10.6 Å². The molecule has 100 valence electrons. The summed E-state index contributed by atoms with van der Waals surface area (Å²) in [6, 6.07) is 0. The fourth-order valence-corrected chi connectivity index (χ4v) is 2.95. The second kappa shape index (κ2) is 7.11. The molecule has 1 saturated heterocycles. The van der Waals surface area contributed by atoms with E-state index in [1.807, 2.05) is 0 Å². The van der Waals surface area contributed by atoms with Gasteiger partial charge in [0, 0.05) is 29.4 Å². The van der Waals surface area contributed by atoms with Crippen molar-refractivity contribution in [3.63, 3.8) is 0 Å². The van der Waals surface area contributed by atoms with E-state index in [-0.39, 0.29) is 11.4 Å². The Balaban J connectivity index is 2.35. The minimum Gasteiger partial charge on any atom is -0.354 e. The second-order valence-corrected chi connectivity index (χ2v) is 6.30. The Morgan fingerprint density at radius 1 is 1.53 bits per heavy atom. The van der Waals surface area contributed by atoms with E-state index in [1.54, 1.807) is 6.26 Å². The van der Waals surface area contributed by atoms with Crippen LogP contribution in [0.1, 0.15) is 39.0 Å². The second-order valence-electron chi connectivity index (χ2n) is 4.75. The molecule has 0 saturated carbocycles. The van der Waals surface area contributed by atoms with Gasteiger partial charge >= 0.3 is 0 Å². The van der Waals surface area contributed by atoms with E-state index in [9.17, 15) is 9.00 Å². The van der Waals surface area contributed by atoms with Crippen molar-refractivity contribution in [2.24, 2.45) is 0 Å². The number of hydrogen-bond acceptors (Lipinski definition) is 3. The zero-order valence-corrected chi connectivity index (χ0v) is 11.7. The summed E-state index contributed by atoms with van der Waals surface area (Å²) >= 11 is 0. The largest absolute Gasteiger partial charge is 0.354 e. The van der Waals surface area contributed by atoms with Gasteiger partial charge in [0.1, 0.15) is 0 Å². The van der Waals surface area contributed by atoms with Crippen molar-refractivity contribution in [2.45, 2.75) is 44.6 Å². The molecule has 17 heavy (non-hydrogen) atoms. The van der Waals surface area contributed by atoms with Crippen LogP contribution in [0.2, 0.25) is 0 Å². The number of carbonyl (C=O) groups excluding carboxylic acids is 1. The first-order valence-electron chi connectivity index (χ1n) is 6.44. The smallest absolute Gasteiger partial charge is 0.240 e. The van der Waals surface area contributed by atoms with Crippen LogP contribution in [0.3, 0.4) is 0 Å². The van der Waals surface area contributed by atoms with Crippen LogP contribution in [-0.2, 0) is 15.6 Å². The van der Waals surface area contributed by atoms with Gasteiger partial charge in [-0.25, -0.2) is 0 Å². The molecule has 1 aliphatic heterocycles. The zero-order valence-electron chi connectivity index (χ0n) is 10.9. The van der Waals surface area contributed by atoms with Gasteiger partial charge in [-0.1, -0.05) is 13.3 Å². The molecule has 5 heteroatoms. The molecule has 0 bridgehead atoms. The summed E-state index contributed by atoms with van der Waals surface area (Å²) in [7, 11) is -0.763. The molecular formula is C12H24N2O2S. The van der Waals surface area contributed by atoms with E-state index in [2.05, 4.69) is 17.6 Å². The number of rotatable bonds is 7. The minimum absolute atomic E-state index is 0.124.